The highest BCUT2D eigenvalue weighted by Crippen LogP contribution is 2.10. The molecule has 2 radical (unpaired) electrons. The summed E-state index contributed by atoms with van der Waals surface area (Å²) in [4.78, 5) is 0. The van der Waals surface area contributed by atoms with Gasteiger partial charge in [-0.3, -0.25) is 4.72 Å². The Morgan fingerprint density at radius 3 is 2.58 bits per heavy atom. The number of hydrogen-bond donors (Lipinski definition) is 1. The van der Waals surface area contributed by atoms with Crippen LogP contribution < -0.4 is 4.72 Å². The second-order valence-corrected chi connectivity index (χ2v) is 4.25. The van der Waals surface area contributed by atoms with Gasteiger partial charge in [0.25, 0.3) is 0 Å². The summed E-state index contributed by atoms with van der Waals surface area (Å²) in [5.74, 6) is 0. The van der Waals surface area contributed by atoms with Gasteiger partial charge in [-0.15, -0.1) is 0 Å². The van der Waals surface area contributed by atoms with Crippen molar-refractivity contribution in [1.82, 2.24) is 0 Å². The summed E-state index contributed by atoms with van der Waals surface area (Å²) in [5.41, 5.74) is 1.01. The average Bonchev–Trinajstić information content (AvgIpc) is 1.82. The second kappa shape index (κ2) is 3.15. The fourth-order valence-corrected chi connectivity index (χ4v) is 1.37. The van der Waals surface area contributed by atoms with Gasteiger partial charge in [-0.2, -0.15) is 0 Å². The maximum absolute atomic E-state index is 10.8. The zero-order valence-electron chi connectivity index (χ0n) is 6.61. The predicted molar refractivity (Wildman–Crippen MR) is 48.3 cm³/mol. The van der Waals surface area contributed by atoms with Crippen molar-refractivity contribution in [2.45, 2.75) is 0 Å². The van der Waals surface area contributed by atoms with Crippen LogP contribution in [0.4, 0.5) is 5.69 Å². The van der Waals surface area contributed by atoms with Crippen LogP contribution >= 0.6 is 0 Å². The summed E-state index contributed by atoms with van der Waals surface area (Å²) in [6.07, 6.45) is 1.09. The summed E-state index contributed by atoms with van der Waals surface area (Å²) in [5, 5.41) is 0. The van der Waals surface area contributed by atoms with Gasteiger partial charge < -0.3 is 0 Å². The van der Waals surface area contributed by atoms with Crippen LogP contribution in [-0.4, -0.2) is 14.7 Å². The second-order valence-electron chi connectivity index (χ2n) is 2.50. The zero-order valence-corrected chi connectivity index (χ0v) is 7.43. The first-order chi connectivity index (χ1) is 5.47. The summed E-state index contributed by atoms with van der Waals surface area (Å²) >= 11 is 0. The monoisotopic (exact) mass is 183 g/mol. The zero-order chi connectivity index (χ0) is 9.19. The minimum absolute atomic E-state index is 0.484. The first-order valence-corrected chi connectivity index (χ1v) is 5.20. The van der Waals surface area contributed by atoms with Crippen molar-refractivity contribution in [2.24, 2.45) is 0 Å². The van der Waals surface area contributed by atoms with Gasteiger partial charge in [-0.1, -0.05) is 12.1 Å². The molecule has 0 fully saturated rings. The van der Waals surface area contributed by atoms with Crippen LogP contribution in [-0.2, 0) is 10.0 Å². The molecule has 1 aromatic carbocycles. The third kappa shape index (κ3) is 2.92. The van der Waals surface area contributed by atoms with Gasteiger partial charge in [0.05, 0.1) is 6.26 Å². The first-order valence-electron chi connectivity index (χ1n) is 3.31. The highest BCUT2D eigenvalue weighted by Gasteiger charge is 2.00. The van der Waals surface area contributed by atoms with Crippen molar-refractivity contribution in [3.8, 4) is 0 Å². The molecule has 0 saturated carbocycles. The molecule has 12 heavy (non-hydrogen) atoms. The van der Waals surface area contributed by atoms with Crippen LogP contribution in [0.25, 0.3) is 0 Å². The van der Waals surface area contributed by atoms with Gasteiger partial charge in [0.15, 0.2) is 0 Å². The van der Waals surface area contributed by atoms with E-state index in [0.29, 0.717) is 11.3 Å². The van der Waals surface area contributed by atoms with E-state index >= 15 is 0 Å². The van der Waals surface area contributed by atoms with E-state index in [0.717, 1.165) is 6.26 Å². The quantitative estimate of drug-likeness (QED) is 0.746. The smallest absolute Gasteiger partial charge is 0.229 e. The first kappa shape index (κ1) is 9.06. The molecule has 1 aromatic rings. The topological polar surface area (TPSA) is 46.2 Å². The average molecular weight is 183 g/mol. The molecular formula is C8H9NO2S. The Hall–Kier alpha value is -1.03. The molecule has 0 aromatic heterocycles. The van der Waals surface area contributed by atoms with Crippen LogP contribution in [0.2, 0.25) is 0 Å². The van der Waals surface area contributed by atoms with Crippen LogP contribution in [0.5, 0.6) is 0 Å². The molecule has 0 aliphatic heterocycles. The maximum atomic E-state index is 10.8. The van der Waals surface area contributed by atoms with Crippen LogP contribution in [0, 0.1) is 6.92 Å². The van der Waals surface area contributed by atoms with Crippen LogP contribution in [0.3, 0.4) is 0 Å². The fraction of sp³-hybridized carbons (Fsp3) is 0.125. The van der Waals surface area contributed by atoms with Crippen molar-refractivity contribution < 1.29 is 8.42 Å². The van der Waals surface area contributed by atoms with E-state index < -0.39 is 10.0 Å². The molecule has 0 aliphatic rings. The van der Waals surface area contributed by atoms with Crippen molar-refractivity contribution in [1.29, 1.82) is 0 Å². The number of hydrogen-bond acceptors (Lipinski definition) is 2. The van der Waals surface area contributed by atoms with Gasteiger partial charge in [0.2, 0.25) is 10.0 Å². The van der Waals surface area contributed by atoms with E-state index in [2.05, 4.69) is 4.72 Å². The lowest BCUT2D eigenvalue weighted by atomic mass is 10.2. The van der Waals surface area contributed by atoms with E-state index in [4.69, 9.17) is 6.92 Å². The van der Waals surface area contributed by atoms with E-state index in [9.17, 15) is 8.42 Å². The molecule has 0 spiro atoms. The third-order valence-electron chi connectivity index (χ3n) is 1.19. The highest BCUT2D eigenvalue weighted by molar-refractivity contribution is 7.92. The third-order valence-corrected chi connectivity index (χ3v) is 1.80. The Morgan fingerprint density at radius 2 is 2.08 bits per heavy atom. The highest BCUT2D eigenvalue weighted by atomic mass is 32.2. The Morgan fingerprint density at radius 1 is 1.42 bits per heavy atom. The van der Waals surface area contributed by atoms with E-state index in [1.807, 2.05) is 0 Å². The largest absolute Gasteiger partial charge is 0.284 e. The van der Waals surface area contributed by atoms with Crippen LogP contribution in [0.15, 0.2) is 24.3 Å². The minimum atomic E-state index is -3.20. The van der Waals surface area contributed by atoms with Gasteiger partial charge >= 0.3 is 0 Å². The lowest BCUT2D eigenvalue weighted by molar-refractivity contribution is 0.607. The Bertz CT molecular complexity index is 370. The Labute approximate surface area is 72.5 Å². The minimum Gasteiger partial charge on any atom is -0.284 e. The van der Waals surface area contributed by atoms with Gasteiger partial charge in [0, 0.05) is 5.69 Å². The molecule has 1 rings (SSSR count). The fourth-order valence-electron chi connectivity index (χ4n) is 0.816. The summed E-state index contributed by atoms with van der Waals surface area (Å²) < 4.78 is 23.8. The predicted octanol–water partition coefficient (Wildman–Crippen LogP) is 1.12. The SMILES string of the molecule is [CH]c1cccc(NS(C)(=O)=O)c1. The Kier molecular flexibility index (Phi) is 2.38. The molecule has 3 nitrogen and oxygen atoms in total. The van der Waals surface area contributed by atoms with Crippen molar-refractivity contribution in [2.75, 3.05) is 11.0 Å². The standard InChI is InChI=1S/C8H9NO2S/c1-7-4-3-5-8(6-7)9-12(2,10)11/h1,3-6,9H,2H3. The number of rotatable bonds is 2. The van der Waals surface area contributed by atoms with Crippen molar-refractivity contribution in [3.63, 3.8) is 0 Å². The molecule has 0 amide bonds. The number of sulfonamides is 1. The van der Waals surface area contributed by atoms with Crippen molar-refractivity contribution >= 4 is 15.7 Å². The van der Waals surface area contributed by atoms with Crippen molar-refractivity contribution in [3.05, 3.63) is 36.8 Å². The lowest BCUT2D eigenvalue weighted by Gasteiger charge is -2.03. The van der Waals surface area contributed by atoms with Crippen LogP contribution in [0.1, 0.15) is 5.56 Å². The molecule has 1 N–H and O–H groups in total. The molecule has 0 heterocycles. The molecule has 0 saturated heterocycles. The molecule has 4 heteroatoms. The van der Waals surface area contributed by atoms with E-state index in [1.165, 1.54) is 0 Å². The summed E-state index contributed by atoms with van der Waals surface area (Å²) in [6.45, 7) is 5.44. The van der Waals surface area contributed by atoms with Gasteiger partial charge in [0.1, 0.15) is 0 Å². The lowest BCUT2D eigenvalue weighted by Crippen LogP contribution is -2.09. The molecule has 0 atom stereocenters. The molecule has 0 bridgehead atoms. The normalized spacial score (nSPS) is 11.2. The summed E-state index contributed by atoms with van der Waals surface area (Å²) in [7, 11) is -3.20. The molecule has 0 unspecified atom stereocenters. The van der Waals surface area contributed by atoms with Gasteiger partial charge in [-0.05, 0) is 24.6 Å². The molecule has 0 aliphatic carbocycles. The number of anilines is 1. The number of nitrogens with one attached hydrogen (secondary N) is 1. The van der Waals surface area contributed by atoms with E-state index in [1.54, 1.807) is 24.3 Å². The molecular weight excluding hydrogens is 174 g/mol. The Balaban J connectivity index is 2.91. The molecule has 64 valence electrons. The van der Waals surface area contributed by atoms with E-state index in [-0.39, 0.29) is 0 Å². The number of benzene rings is 1. The van der Waals surface area contributed by atoms with Gasteiger partial charge in [-0.25, -0.2) is 8.42 Å². The maximum Gasteiger partial charge on any atom is 0.229 e. The summed E-state index contributed by atoms with van der Waals surface area (Å²) in [6, 6.07) is 6.56.